The molecule has 2 N–H and O–H groups in total. The van der Waals surface area contributed by atoms with Gasteiger partial charge >= 0.3 is 0 Å². The lowest BCUT2D eigenvalue weighted by atomic mass is 10.2. The van der Waals surface area contributed by atoms with Crippen LogP contribution in [0.2, 0.25) is 0 Å². The third-order valence-corrected chi connectivity index (χ3v) is 6.56. The molecule has 0 saturated heterocycles. The smallest absolute Gasteiger partial charge is 0.267 e. The summed E-state index contributed by atoms with van der Waals surface area (Å²) in [4.78, 5) is 19.2. The van der Waals surface area contributed by atoms with Crippen molar-refractivity contribution < 1.29 is 22.3 Å². The molecule has 4 rings (SSSR count). The van der Waals surface area contributed by atoms with Crippen LogP contribution in [-0.2, 0) is 16.4 Å². The van der Waals surface area contributed by atoms with Crippen molar-refractivity contribution in [2.24, 2.45) is 0 Å². The molecule has 2 heterocycles. The number of ether oxygens (including phenoxy) is 1. The second-order valence-corrected chi connectivity index (χ2v) is 8.69. The van der Waals surface area contributed by atoms with Gasteiger partial charge < -0.3 is 15.0 Å². The van der Waals surface area contributed by atoms with Gasteiger partial charge in [0.15, 0.2) is 0 Å². The number of aromatic nitrogens is 2. The lowest BCUT2D eigenvalue weighted by Gasteiger charge is -2.10. The molecule has 4 aromatic rings. The fourth-order valence-electron chi connectivity index (χ4n) is 3.15. The van der Waals surface area contributed by atoms with Gasteiger partial charge in [-0.3, -0.25) is 9.78 Å². The van der Waals surface area contributed by atoms with Crippen molar-refractivity contribution in [1.29, 1.82) is 0 Å². The molecule has 0 aliphatic heterocycles. The third-order valence-electron chi connectivity index (χ3n) is 4.77. The molecule has 0 fully saturated rings. The molecule has 0 aliphatic carbocycles. The molecule has 2 aromatic carbocycles. The zero-order valence-corrected chi connectivity index (χ0v) is 17.2. The van der Waals surface area contributed by atoms with Gasteiger partial charge in [-0.1, -0.05) is 12.1 Å². The van der Waals surface area contributed by atoms with E-state index in [9.17, 15) is 17.6 Å². The standard InChI is InChI=1S/C22H18FN3O4S/c1-30-20-7-4-16(23)11-21(20)31(28,29)17-5-2-14(3-6-17)12-25-22(27)19-10-15-13-24-9-8-18(15)26-19/h2-11,13,26H,12H2,1H3,(H,25,27). The Bertz CT molecular complexity index is 1330. The number of hydrogen-bond acceptors (Lipinski definition) is 5. The fourth-order valence-corrected chi connectivity index (χ4v) is 4.58. The summed E-state index contributed by atoms with van der Waals surface area (Å²) in [6, 6.07) is 12.8. The van der Waals surface area contributed by atoms with E-state index in [0.717, 1.165) is 23.0 Å². The Balaban J connectivity index is 1.49. The highest BCUT2D eigenvalue weighted by Crippen LogP contribution is 2.30. The maximum atomic E-state index is 13.6. The number of nitrogens with one attached hydrogen (secondary N) is 2. The molecule has 31 heavy (non-hydrogen) atoms. The number of pyridine rings is 1. The molecular weight excluding hydrogens is 421 g/mol. The van der Waals surface area contributed by atoms with E-state index >= 15 is 0 Å². The topological polar surface area (TPSA) is 101 Å². The van der Waals surface area contributed by atoms with Gasteiger partial charge in [0.1, 0.15) is 22.2 Å². The second-order valence-electron chi connectivity index (χ2n) is 6.77. The first-order valence-electron chi connectivity index (χ1n) is 9.27. The average molecular weight is 439 g/mol. The molecule has 158 valence electrons. The minimum absolute atomic E-state index is 0.00501. The van der Waals surface area contributed by atoms with Crippen molar-refractivity contribution in [1.82, 2.24) is 15.3 Å². The van der Waals surface area contributed by atoms with Crippen LogP contribution in [0.1, 0.15) is 16.1 Å². The lowest BCUT2D eigenvalue weighted by molar-refractivity contribution is 0.0946. The number of nitrogens with zero attached hydrogens (tertiary/aromatic N) is 1. The minimum atomic E-state index is -3.97. The monoisotopic (exact) mass is 439 g/mol. The molecule has 0 spiro atoms. The number of H-pyrrole nitrogens is 1. The van der Waals surface area contributed by atoms with E-state index in [1.54, 1.807) is 36.7 Å². The van der Waals surface area contributed by atoms with Crippen molar-refractivity contribution in [2.45, 2.75) is 16.3 Å². The van der Waals surface area contributed by atoms with Gasteiger partial charge in [-0.15, -0.1) is 0 Å². The molecule has 9 heteroatoms. The normalized spacial score (nSPS) is 11.4. The summed E-state index contributed by atoms with van der Waals surface area (Å²) in [6.07, 6.45) is 3.30. The average Bonchev–Trinajstić information content (AvgIpc) is 3.22. The van der Waals surface area contributed by atoms with Crippen LogP contribution in [0.4, 0.5) is 4.39 Å². The van der Waals surface area contributed by atoms with Gasteiger partial charge in [-0.2, -0.15) is 0 Å². The summed E-state index contributed by atoms with van der Waals surface area (Å²) in [5, 5.41) is 3.61. The first-order chi connectivity index (χ1) is 14.9. The second kappa shape index (κ2) is 8.19. The number of carbonyl (C=O) groups excluding carboxylic acids is 1. The van der Waals surface area contributed by atoms with Gasteiger partial charge in [0.25, 0.3) is 5.91 Å². The predicted molar refractivity (Wildman–Crippen MR) is 112 cm³/mol. The largest absolute Gasteiger partial charge is 0.495 e. The molecule has 0 bridgehead atoms. The predicted octanol–water partition coefficient (Wildman–Crippen LogP) is 3.47. The number of fused-ring (bicyclic) bond motifs is 1. The zero-order valence-electron chi connectivity index (χ0n) is 16.4. The zero-order chi connectivity index (χ0) is 22.0. The van der Waals surface area contributed by atoms with Gasteiger partial charge in [0, 0.05) is 29.8 Å². The Labute approximate surface area is 177 Å². The highest BCUT2D eigenvalue weighted by molar-refractivity contribution is 7.91. The Kier molecular flexibility index (Phi) is 5.43. The van der Waals surface area contributed by atoms with Crippen molar-refractivity contribution in [3.05, 3.63) is 84.1 Å². The SMILES string of the molecule is COc1ccc(F)cc1S(=O)(=O)c1ccc(CNC(=O)c2cc3cnccc3[nH]2)cc1. The first-order valence-corrected chi connectivity index (χ1v) is 10.8. The molecule has 2 aromatic heterocycles. The molecule has 0 unspecified atom stereocenters. The lowest BCUT2D eigenvalue weighted by Crippen LogP contribution is -2.23. The van der Waals surface area contributed by atoms with E-state index in [0.29, 0.717) is 11.3 Å². The number of sulfone groups is 1. The number of hydrogen-bond donors (Lipinski definition) is 2. The number of methoxy groups -OCH3 is 1. The van der Waals surface area contributed by atoms with E-state index < -0.39 is 15.7 Å². The summed E-state index contributed by atoms with van der Waals surface area (Å²) >= 11 is 0. The number of rotatable bonds is 6. The third kappa shape index (κ3) is 4.13. The van der Waals surface area contributed by atoms with Crippen molar-refractivity contribution in [3.8, 4) is 5.75 Å². The van der Waals surface area contributed by atoms with E-state index in [1.165, 1.54) is 25.3 Å². The maximum Gasteiger partial charge on any atom is 0.267 e. The number of amides is 1. The number of halogens is 1. The summed E-state index contributed by atoms with van der Waals surface area (Å²) in [5.74, 6) is -0.907. The van der Waals surface area contributed by atoms with Crippen LogP contribution in [-0.4, -0.2) is 31.4 Å². The molecule has 0 radical (unpaired) electrons. The van der Waals surface area contributed by atoms with Gasteiger partial charge in [-0.05, 0) is 48.0 Å². The molecule has 0 aliphatic rings. The van der Waals surface area contributed by atoms with Crippen LogP contribution >= 0.6 is 0 Å². The molecule has 0 atom stereocenters. The molecule has 7 nitrogen and oxygen atoms in total. The van der Waals surface area contributed by atoms with E-state index in [4.69, 9.17) is 4.74 Å². The van der Waals surface area contributed by atoms with Crippen molar-refractivity contribution in [3.63, 3.8) is 0 Å². The van der Waals surface area contributed by atoms with Gasteiger partial charge in [0.2, 0.25) is 9.84 Å². The molecule has 0 saturated carbocycles. The van der Waals surface area contributed by atoms with Crippen LogP contribution in [0.5, 0.6) is 5.75 Å². The Morgan fingerprint density at radius 2 is 1.90 bits per heavy atom. The van der Waals surface area contributed by atoms with Crippen molar-refractivity contribution in [2.75, 3.05) is 7.11 Å². The van der Waals surface area contributed by atoms with E-state index in [-0.39, 0.29) is 28.0 Å². The summed E-state index contributed by atoms with van der Waals surface area (Å²) in [5.41, 5.74) is 1.92. The number of carbonyl (C=O) groups is 1. The Hall–Kier alpha value is -3.72. The Morgan fingerprint density at radius 1 is 1.13 bits per heavy atom. The van der Waals surface area contributed by atoms with Crippen molar-refractivity contribution >= 4 is 26.6 Å². The maximum absolute atomic E-state index is 13.6. The van der Waals surface area contributed by atoms with Crippen LogP contribution in [0.3, 0.4) is 0 Å². The van der Waals surface area contributed by atoms with Crippen LogP contribution in [0.15, 0.2) is 76.8 Å². The van der Waals surface area contributed by atoms with Crippen LogP contribution in [0.25, 0.3) is 10.9 Å². The van der Waals surface area contributed by atoms with Gasteiger partial charge in [0.05, 0.1) is 12.0 Å². The number of aromatic amines is 1. The first kappa shape index (κ1) is 20.5. The van der Waals surface area contributed by atoms with Crippen LogP contribution in [0, 0.1) is 5.82 Å². The highest BCUT2D eigenvalue weighted by Gasteiger charge is 2.23. The summed E-state index contributed by atoms with van der Waals surface area (Å²) < 4.78 is 44.4. The summed E-state index contributed by atoms with van der Waals surface area (Å²) in [7, 11) is -2.65. The van der Waals surface area contributed by atoms with E-state index in [1.807, 2.05) is 0 Å². The van der Waals surface area contributed by atoms with E-state index in [2.05, 4.69) is 15.3 Å². The van der Waals surface area contributed by atoms with Crippen LogP contribution < -0.4 is 10.1 Å². The van der Waals surface area contributed by atoms with Gasteiger partial charge in [-0.25, -0.2) is 12.8 Å². The molecule has 1 amide bonds. The minimum Gasteiger partial charge on any atom is -0.495 e. The number of benzene rings is 2. The highest BCUT2D eigenvalue weighted by atomic mass is 32.2. The fraction of sp³-hybridized carbons (Fsp3) is 0.0909. The quantitative estimate of drug-likeness (QED) is 0.479. The molecular formula is C22H18FN3O4S. The summed E-state index contributed by atoms with van der Waals surface area (Å²) in [6.45, 7) is 0.204. The Morgan fingerprint density at radius 3 is 2.61 bits per heavy atom.